The van der Waals surface area contributed by atoms with E-state index in [-0.39, 0.29) is 11.0 Å². The maximum Gasteiger partial charge on any atom is 0.196 e. The molecule has 1 aromatic heterocycles. The van der Waals surface area contributed by atoms with Crippen LogP contribution in [-0.4, -0.2) is 9.55 Å². The normalized spacial score (nSPS) is 11.1. The molecule has 0 aliphatic carbocycles. The van der Waals surface area contributed by atoms with Gasteiger partial charge in [-0.1, -0.05) is 0 Å². The van der Waals surface area contributed by atoms with Crippen LogP contribution in [0.5, 0.6) is 0 Å². The first-order valence-corrected chi connectivity index (χ1v) is 3.56. The fourth-order valence-corrected chi connectivity index (χ4v) is 1.17. The van der Waals surface area contributed by atoms with Gasteiger partial charge in [-0.3, -0.25) is 0 Å². The number of hydrogen-bond donors (Lipinski definition) is 0. The van der Waals surface area contributed by atoms with Crippen LogP contribution in [0.1, 0.15) is 0 Å². The van der Waals surface area contributed by atoms with Gasteiger partial charge in [-0.05, 0) is 0 Å². The van der Waals surface area contributed by atoms with Crippen molar-refractivity contribution in [3.63, 3.8) is 0 Å². The van der Waals surface area contributed by atoms with E-state index in [0.717, 1.165) is 6.07 Å². The van der Waals surface area contributed by atoms with Crippen LogP contribution in [-0.2, 0) is 7.05 Å². The molecule has 0 bridgehead atoms. The van der Waals surface area contributed by atoms with Gasteiger partial charge in [-0.25, -0.2) is 18.2 Å². The van der Waals surface area contributed by atoms with Gasteiger partial charge < -0.3 is 4.57 Å². The highest BCUT2D eigenvalue weighted by atomic mass is 19.2. The third kappa shape index (κ3) is 0.998. The molecule has 1 heterocycles. The first-order valence-electron chi connectivity index (χ1n) is 3.56. The van der Waals surface area contributed by atoms with Crippen LogP contribution in [0.2, 0.25) is 0 Å². The molecule has 5 heteroatoms. The maximum atomic E-state index is 13.0. The Morgan fingerprint density at radius 2 is 1.92 bits per heavy atom. The molecule has 13 heavy (non-hydrogen) atoms. The molecule has 2 nitrogen and oxygen atoms in total. The molecule has 2 aromatic rings. The second-order valence-corrected chi connectivity index (χ2v) is 2.71. The van der Waals surface area contributed by atoms with E-state index < -0.39 is 17.5 Å². The number of aromatic nitrogens is 2. The van der Waals surface area contributed by atoms with E-state index in [0.29, 0.717) is 0 Å². The Morgan fingerprint density at radius 1 is 1.23 bits per heavy atom. The second kappa shape index (κ2) is 2.48. The minimum absolute atomic E-state index is 0.151. The highest BCUT2D eigenvalue weighted by Gasteiger charge is 2.15. The van der Waals surface area contributed by atoms with Crippen molar-refractivity contribution in [2.45, 2.75) is 0 Å². The summed E-state index contributed by atoms with van der Waals surface area (Å²) in [6.45, 7) is 0. The lowest BCUT2D eigenvalue weighted by molar-refractivity contribution is 0.452. The Kier molecular flexibility index (Phi) is 1.55. The van der Waals surface area contributed by atoms with E-state index in [4.69, 9.17) is 0 Å². The van der Waals surface area contributed by atoms with Crippen molar-refractivity contribution in [2.75, 3.05) is 0 Å². The number of nitrogens with zero attached hydrogens (tertiary/aromatic N) is 2. The minimum Gasteiger partial charge on any atom is -0.334 e. The van der Waals surface area contributed by atoms with Crippen molar-refractivity contribution >= 4 is 11.0 Å². The predicted molar refractivity (Wildman–Crippen MR) is 40.6 cm³/mol. The van der Waals surface area contributed by atoms with Crippen molar-refractivity contribution < 1.29 is 13.2 Å². The first-order chi connectivity index (χ1) is 6.11. The third-order valence-electron chi connectivity index (χ3n) is 1.86. The summed E-state index contributed by atoms with van der Waals surface area (Å²) in [7, 11) is 1.58. The Balaban J connectivity index is 2.96. The lowest BCUT2D eigenvalue weighted by Gasteiger charge is -1.97. The van der Waals surface area contributed by atoms with Gasteiger partial charge in [0.1, 0.15) is 5.52 Å². The molecule has 0 atom stereocenters. The van der Waals surface area contributed by atoms with Crippen LogP contribution >= 0.6 is 0 Å². The lowest BCUT2D eigenvalue weighted by Crippen LogP contribution is -1.93. The quantitative estimate of drug-likeness (QED) is 0.575. The first kappa shape index (κ1) is 8.10. The number of rotatable bonds is 0. The van der Waals surface area contributed by atoms with Crippen molar-refractivity contribution in [3.05, 3.63) is 29.8 Å². The number of imidazole rings is 1. The van der Waals surface area contributed by atoms with Gasteiger partial charge in [0.25, 0.3) is 0 Å². The fraction of sp³-hybridized carbons (Fsp3) is 0.125. The second-order valence-electron chi connectivity index (χ2n) is 2.71. The molecule has 0 amide bonds. The average Bonchev–Trinajstić information content (AvgIpc) is 2.45. The highest BCUT2D eigenvalue weighted by Crippen LogP contribution is 2.20. The number of halogens is 3. The Labute approximate surface area is 71.6 Å². The summed E-state index contributed by atoms with van der Waals surface area (Å²) < 4.78 is 39.8. The monoisotopic (exact) mass is 186 g/mol. The fourth-order valence-electron chi connectivity index (χ4n) is 1.17. The Bertz CT molecular complexity index is 476. The van der Waals surface area contributed by atoms with E-state index in [2.05, 4.69) is 4.98 Å². The lowest BCUT2D eigenvalue weighted by atomic mass is 10.3. The number of aryl methyl sites for hydroxylation is 1. The summed E-state index contributed by atoms with van der Waals surface area (Å²) in [5.74, 6) is -3.92. The van der Waals surface area contributed by atoms with Gasteiger partial charge in [0.2, 0.25) is 0 Å². The molecule has 0 aliphatic heterocycles. The molecule has 1 aromatic carbocycles. The van der Waals surface area contributed by atoms with E-state index in [9.17, 15) is 13.2 Å². The van der Waals surface area contributed by atoms with E-state index in [1.165, 1.54) is 10.9 Å². The van der Waals surface area contributed by atoms with Crippen LogP contribution in [0.4, 0.5) is 13.2 Å². The molecule has 0 fully saturated rings. The Hall–Kier alpha value is -1.52. The molecule has 0 unspecified atom stereocenters. The molecular formula is C8H5F3N2. The molecule has 0 radical (unpaired) electrons. The summed E-state index contributed by atoms with van der Waals surface area (Å²) in [5, 5.41) is 0. The van der Waals surface area contributed by atoms with Crippen LogP contribution < -0.4 is 0 Å². The van der Waals surface area contributed by atoms with Crippen molar-refractivity contribution in [2.24, 2.45) is 7.05 Å². The minimum atomic E-state index is -1.48. The van der Waals surface area contributed by atoms with E-state index in [1.54, 1.807) is 7.05 Å². The van der Waals surface area contributed by atoms with Gasteiger partial charge in [0, 0.05) is 13.1 Å². The number of benzene rings is 1. The summed E-state index contributed by atoms with van der Waals surface area (Å²) in [6, 6.07) is 0.917. The molecule has 0 saturated carbocycles. The van der Waals surface area contributed by atoms with Crippen molar-refractivity contribution in [1.82, 2.24) is 9.55 Å². The van der Waals surface area contributed by atoms with Gasteiger partial charge in [0.05, 0.1) is 11.8 Å². The van der Waals surface area contributed by atoms with Gasteiger partial charge >= 0.3 is 0 Å². The summed E-state index contributed by atoms with van der Waals surface area (Å²) >= 11 is 0. The summed E-state index contributed by atoms with van der Waals surface area (Å²) in [6.07, 6.45) is 1.30. The number of hydrogen-bond acceptors (Lipinski definition) is 1. The molecular weight excluding hydrogens is 181 g/mol. The molecule has 2 rings (SSSR count). The zero-order chi connectivity index (χ0) is 9.59. The van der Waals surface area contributed by atoms with Crippen LogP contribution in [0.3, 0.4) is 0 Å². The standard InChI is InChI=1S/C8H5F3N2/c1-13-3-12-8-5(13)2-4(9)6(10)7(8)11/h2-3H,1H3. The molecule has 0 aliphatic rings. The van der Waals surface area contributed by atoms with Crippen molar-refractivity contribution in [1.29, 1.82) is 0 Å². The molecule has 0 saturated heterocycles. The molecule has 0 N–H and O–H groups in total. The van der Waals surface area contributed by atoms with Crippen LogP contribution in [0.15, 0.2) is 12.4 Å². The van der Waals surface area contributed by atoms with Gasteiger partial charge in [0.15, 0.2) is 17.5 Å². The highest BCUT2D eigenvalue weighted by molar-refractivity contribution is 5.76. The van der Waals surface area contributed by atoms with E-state index in [1.807, 2.05) is 0 Å². The largest absolute Gasteiger partial charge is 0.334 e. The summed E-state index contributed by atoms with van der Waals surface area (Å²) in [4.78, 5) is 3.60. The summed E-state index contributed by atoms with van der Waals surface area (Å²) in [5.41, 5.74) is 0.0813. The third-order valence-corrected chi connectivity index (χ3v) is 1.86. The number of fused-ring (bicyclic) bond motifs is 1. The predicted octanol–water partition coefficient (Wildman–Crippen LogP) is 1.99. The van der Waals surface area contributed by atoms with Crippen LogP contribution in [0, 0.1) is 17.5 Å². The maximum absolute atomic E-state index is 13.0. The molecule has 68 valence electrons. The van der Waals surface area contributed by atoms with E-state index >= 15 is 0 Å². The topological polar surface area (TPSA) is 17.8 Å². The average molecular weight is 186 g/mol. The smallest absolute Gasteiger partial charge is 0.196 e. The molecule has 0 spiro atoms. The van der Waals surface area contributed by atoms with Crippen molar-refractivity contribution in [3.8, 4) is 0 Å². The van der Waals surface area contributed by atoms with Gasteiger partial charge in [-0.2, -0.15) is 0 Å². The zero-order valence-electron chi connectivity index (χ0n) is 6.68. The Morgan fingerprint density at radius 3 is 2.62 bits per heavy atom. The SMILES string of the molecule is Cn1cnc2c(F)c(F)c(F)cc21. The van der Waals surface area contributed by atoms with Crippen LogP contribution in [0.25, 0.3) is 11.0 Å². The van der Waals surface area contributed by atoms with Gasteiger partial charge in [-0.15, -0.1) is 0 Å². The zero-order valence-corrected chi connectivity index (χ0v) is 6.68.